The fourth-order valence-electron chi connectivity index (χ4n) is 1.95. The molecule has 1 rings (SSSR count). The van der Waals surface area contributed by atoms with Crippen molar-refractivity contribution in [3.63, 3.8) is 0 Å². The molecule has 0 aliphatic rings. The number of hydrogen-bond acceptors (Lipinski definition) is 4. The van der Waals surface area contributed by atoms with Gasteiger partial charge in [-0.05, 0) is 33.2 Å². The fraction of sp³-hybridized carbons (Fsp3) is 0.733. The highest BCUT2D eigenvalue weighted by Crippen LogP contribution is 2.12. The molecule has 0 saturated carbocycles. The molecule has 0 atom stereocenters. The van der Waals surface area contributed by atoms with E-state index in [1.54, 1.807) is 0 Å². The first kappa shape index (κ1) is 15.9. The normalized spacial score (nSPS) is 10.7. The second kappa shape index (κ2) is 8.86. The first-order valence-corrected chi connectivity index (χ1v) is 7.51. The van der Waals surface area contributed by atoms with Gasteiger partial charge in [-0.1, -0.05) is 20.3 Å². The lowest BCUT2D eigenvalue weighted by Crippen LogP contribution is -2.26. The molecule has 0 spiro atoms. The largest absolute Gasteiger partial charge is 0.341 e. The molecule has 0 radical (unpaired) electrons. The van der Waals surface area contributed by atoms with Crippen molar-refractivity contribution >= 4 is 5.95 Å². The molecular weight excluding hydrogens is 236 g/mol. The van der Waals surface area contributed by atoms with E-state index >= 15 is 0 Å². The average Bonchev–Trinajstić information content (AvgIpc) is 2.42. The Morgan fingerprint density at radius 1 is 1.21 bits per heavy atom. The minimum absolute atomic E-state index is 0.862. The van der Waals surface area contributed by atoms with Crippen molar-refractivity contribution in [3.05, 3.63) is 17.5 Å². The third kappa shape index (κ3) is 5.15. The topological polar surface area (TPSA) is 41.1 Å². The molecule has 1 aromatic rings. The van der Waals surface area contributed by atoms with Gasteiger partial charge in [-0.3, -0.25) is 0 Å². The molecule has 0 fully saturated rings. The second-order valence-electron chi connectivity index (χ2n) is 4.89. The summed E-state index contributed by atoms with van der Waals surface area (Å²) in [5, 5.41) is 3.40. The van der Waals surface area contributed by atoms with Crippen molar-refractivity contribution in [3.8, 4) is 0 Å². The highest BCUT2D eigenvalue weighted by atomic mass is 15.2. The van der Waals surface area contributed by atoms with Crippen LogP contribution in [0.15, 0.2) is 6.20 Å². The summed E-state index contributed by atoms with van der Waals surface area (Å²) >= 11 is 0. The minimum Gasteiger partial charge on any atom is -0.341 e. The number of anilines is 1. The van der Waals surface area contributed by atoms with Gasteiger partial charge in [0.2, 0.25) is 5.95 Å². The van der Waals surface area contributed by atoms with Gasteiger partial charge in [0.25, 0.3) is 0 Å². The van der Waals surface area contributed by atoms with Crippen LogP contribution in [0.1, 0.15) is 51.3 Å². The number of hydrogen-bond donors (Lipinski definition) is 1. The Balaban J connectivity index is 2.68. The van der Waals surface area contributed by atoms with Gasteiger partial charge in [-0.15, -0.1) is 0 Å². The Labute approximate surface area is 117 Å². The molecule has 0 saturated heterocycles. The Morgan fingerprint density at radius 3 is 2.58 bits per heavy atom. The monoisotopic (exact) mass is 264 g/mol. The van der Waals surface area contributed by atoms with E-state index in [1.807, 2.05) is 6.20 Å². The minimum atomic E-state index is 0.862. The SMILES string of the molecule is CCCCN(CC)c1ncc(CNCCC)c(C)n1. The van der Waals surface area contributed by atoms with Gasteiger partial charge < -0.3 is 10.2 Å². The van der Waals surface area contributed by atoms with Crippen LogP contribution in [0, 0.1) is 6.92 Å². The zero-order chi connectivity index (χ0) is 14.1. The maximum Gasteiger partial charge on any atom is 0.225 e. The van der Waals surface area contributed by atoms with Crippen molar-refractivity contribution in [2.75, 3.05) is 24.5 Å². The lowest BCUT2D eigenvalue weighted by molar-refractivity contribution is 0.665. The summed E-state index contributed by atoms with van der Waals surface area (Å²) in [7, 11) is 0. The Kier molecular flexibility index (Phi) is 7.41. The van der Waals surface area contributed by atoms with E-state index < -0.39 is 0 Å². The van der Waals surface area contributed by atoms with Crippen molar-refractivity contribution in [1.82, 2.24) is 15.3 Å². The molecule has 1 aromatic heterocycles. The summed E-state index contributed by atoms with van der Waals surface area (Å²) in [6, 6.07) is 0. The molecule has 0 unspecified atom stereocenters. The smallest absolute Gasteiger partial charge is 0.225 e. The Morgan fingerprint density at radius 2 is 2.00 bits per heavy atom. The summed E-state index contributed by atoms with van der Waals surface area (Å²) < 4.78 is 0. The van der Waals surface area contributed by atoms with Crippen LogP contribution in [-0.4, -0.2) is 29.6 Å². The number of aromatic nitrogens is 2. The van der Waals surface area contributed by atoms with E-state index in [9.17, 15) is 0 Å². The predicted octanol–water partition coefficient (Wildman–Crippen LogP) is 2.91. The maximum atomic E-state index is 4.65. The van der Waals surface area contributed by atoms with Gasteiger partial charge in [0, 0.05) is 37.1 Å². The van der Waals surface area contributed by atoms with Crippen LogP contribution in [0.25, 0.3) is 0 Å². The van der Waals surface area contributed by atoms with Crippen molar-refractivity contribution in [1.29, 1.82) is 0 Å². The standard InChI is InChI=1S/C15H28N4/c1-5-8-10-19(7-3)15-17-12-14(13(4)18-15)11-16-9-6-2/h12,16H,5-11H2,1-4H3. The summed E-state index contributed by atoms with van der Waals surface area (Å²) in [6.45, 7) is 12.5. The van der Waals surface area contributed by atoms with Crippen LogP contribution in [0.4, 0.5) is 5.95 Å². The Hall–Kier alpha value is -1.16. The van der Waals surface area contributed by atoms with Crippen molar-refractivity contribution in [2.24, 2.45) is 0 Å². The van der Waals surface area contributed by atoms with Crippen LogP contribution < -0.4 is 10.2 Å². The molecule has 4 nitrogen and oxygen atoms in total. The molecule has 0 aliphatic heterocycles. The predicted molar refractivity (Wildman–Crippen MR) is 81.6 cm³/mol. The van der Waals surface area contributed by atoms with Crippen molar-refractivity contribution < 1.29 is 0 Å². The van der Waals surface area contributed by atoms with E-state index in [0.717, 1.165) is 44.2 Å². The van der Waals surface area contributed by atoms with E-state index in [1.165, 1.54) is 18.4 Å². The zero-order valence-electron chi connectivity index (χ0n) is 12.9. The molecule has 1 N–H and O–H groups in total. The molecule has 19 heavy (non-hydrogen) atoms. The first-order valence-electron chi connectivity index (χ1n) is 7.51. The van der Waals surface area contributed by atoms with Crippen LogP contribution in [0.3, 0.4) is 0 Å². The molecule has 108 valence electrons. The third-order valence-electron chi connectivity index (χ3n) is 3.26. The van der Waals surface area contributed by atoms with Gasteiger partial charge in [0.05, 0.1) is 0 Å². The lowest BCUT2D eigenvalue weighted by Gasteiger charge is -2.21. The highest BCUT2D eigenvalue weighted by molar-refractivity contribution is 5.32. The Bertz CT molecular complexity index is 365. The number of nitrogens with one attached hydrogen (secondary N) is 1. The summed E-state index contributed by atoms with van der Waals surface area (Å²) in [5.41, 5.74) is 2.28. The van der Waals surface area contributed by atoms with Gasteiger partial charge >= 0.3 is 0 Å². The molecule has 0 aromatic carbocycles. The molecule has 0 aliphatic carbocycles. The quantitative estimate of drug-likeness (QED) is 0.696. The maximum absolute atomic E-state index is 4.65. The van der Waals surface area contributed by atoms with E-state index in [2.05, 4.69) is 47.9 Å². The zero-order valence-corrected chi connectivity index (χ0v) is 12.9. The summed E-state index contributed by atoms with van der Waals surface area (Å²) in [5.74, 6) is 0.868. The van der Waals surface area contributed by atoms with E-state index in [0.29, 0.717) is 0 Å². The molecule has 1 heterocycles. The summed E-state index contributed by atoms with van der Waals surface area (Å²) in [6.07, 6.45) is 5.51. The van der Waals surface area contributed by atoms with E-state index in [4.69, 9.17) is 0 Å². The number of rotatable bonds is 9. The lowest BCUT2D eigenvalue weighted by atomic mass is 10.2. The van der Waals surface area contributed by atoms with Crippen LogP contribution in [0.5, 0.6) is 0 Å². The number of unbranched alkanes of at least 4 members (excludes halogenated alkanes) is 1. The summed E-state index contributed by atoms with van der Waals surface area (Å²) in [4.78, 5) is 11.4. The first-order chi connectivity index (χ1) is 9.22. The third-order valence-corrected chi connectivity index (χ3v) is 3.26. The second-order valence-corrected chi connectivity index (χ2v) is 4.89. The van der Waals surface area contributed by atoms with Gasteiger partial charge in [-0.2, -0.15) is 0 Å². The van der Waals surface area contributed by atoms with Crippen LogP contribution >= 0.6 is 0 Å². The molecule has 0 bridgehead atoms. The van der Waals surface area contributed by atoms with Crippen LogP contribution in [0.2, 0.25) is 0 Å². The average molecular weight is 264 g/mol. The number of nitrogens with zero attached hydrogens (tertiary/aromatic N) is 3. The van der Waals surface area contributed by atoms with Crippen molar-refractivity contribution in [2.45, 2.75) is 53.5 Å². The highest BCUT2D eigenvalue weighted by Gasteiger charge is 2.09. The fourth-order valence-corrected chi connectivity index (χ4v) is 1.95. The van der Waals surface area contributed by atoms with Gasteiger partial charge in [0.1, 0.15) is 0 Å². The number of aryl methyl sites for hydroxylation is 1. The molecule has 4 heteroatoms. The van der Waals surface area contributed by atoms with Gasteiger partial charge in [-0.25, -0.2) is 9.97 Å². The molecular formula is C15H28N4. The molecule has 0 amide bonds. The van der Waals surface area contributed by atoms with E-state index in [-0.39, 0.29) is 0 Å². The van der Waals surface area contributed by atoms with Crippen LogP contribution in [-0.2, 0) is 6.54 Å². The van der Waals surface area contributed by atoms with Gasteiger partial charge in [0.15, 0.2) is 0 Å².